The van der Waals surface area contributed by atoms with Gasteiger partial charge in [-0.2, -0.15) is 0 Å². The lowest BCUT2D eigenvalue weighted by atomic mass is 9.98. The van der Waals surface area contributed by atoms with Gasteiger partial charge in [0.2, 0.25) is 0 Å². The molecule has 1 aromatic heterocycles. The molecule has 1 heterocycles. The predicted molar refractivity (Wildman–Crippen MR) is 89.3 cm³/mol. The van der Waals surface area contributed by atoms with Gasteiger partial charge in [0.1, 0.15) is 0 Å². The molecule has 20 heavy (non-hydrogen) atoms. The minimum Gasteiger partial charge on any atom is -0.399 e. The van der Waals surface area contributed by atoms with Crippen molar-refractivity contribution in [2.75, 3.05) is 12.3 Å². The Balaban J connectivity index is 1.71. The van der Waals surface area contributed by atoms with Gasteiger partial charge in [-0.15, -0.1) is 11.3 Å². The van der Waals surface area contributed by atoms with Crippen LogP contribution in [0.3, 0.4) is 0 Å². The molecule has 2 aromatic rings. The molecule has 1 atom stereocenters. The van der Waals surface area contributed by atoms with Gasteiger partial charge in [0, 0.05) is 22.0 Å². The second kappa shape index (κ2) is 7.46. The van der Waals surface area contributed by atoms with E-state index in [0.29, 0.717) is 5.92 Å². The smallest absolute Gasteiger partial charge is 0.0314 e. The van der Waals surface area contributed by atoms with Crippen LogP contribution in [0.15, 0.2) is 36.4 Å². The van der Waals surface area contributed by atoms with Crippen molar-refractivity contribution in [3.63, 3.8) is 0 Å². The van der Waals surface area contributed by atoms with Crippen molar-refractivity contribution in [1.29, 1.82) is 0 Å². The molecule has 0 saturated carbocycles. The summed E-state index contributed by atoms with van der Waals surface area (Å²) >= 11 is 1.91. The molecule has 0 aliphatic carbocycles. The lowest BCUT2D eigenvalue weighted by Gasteiger charge is -2.12. The largest absolute Gasteiger partial charge is 0.399 e. The number of hydrogen-bond acceptors (Lipinski definition) is 3. The predicted octanol–water partition coefficient (Wildman–Crippen LogP) is 4.18. The molecule has 0 aliphatic rings. The highest BCUT2D eigenvalue weighted by atomic mass is 32.1. The Hall–Kier alpha value is -1.32. The van der Waals surface area contributed by atoms with Crippen molar-refractivity contribution in [3.8, 4) is 0 Å². The zero-order valence-electron chi connectivity index (χ0n) is 12.4. The molecule has 0 bridgehead atoms. The van der Waals surface area contributed by atoms with E-state index in [9.17, 15) is 0 Å². The average Bonchev–Trinajstić information content (AvgIpc) is 2.92. The summed E-state index contributed by atoms with van der Waals surface area (Å²) in [6, 6.07) is 12.7. The fraction of sp³-hybridized carbons (Fsp3) is 0.412. The SMILES string of the molecule is CCc1ccc(CNCCC(C)c2ccc(N)cc2)s1. The number of hydrogen-bond donors (Lipinski definition) is 2. The van der Waals surface area contributed by atoms with Crippen LogP contribution in [0, 0.1) is 0 Å². The van der Waals surface area contributed by atoms with E-state index in [1.54, 1.807) is 0 Å². The molecule has 0 aliphatic heterocycles. The summed E-state index contributed by atoms with van der Waals surface area (Å²) in [7, 11) is 0. The van der Waals surface area contributed by atoms with Crippen molar-refractivity contribution in [2.45, 2.75) is 39.2 Å². The van der Waals surface area contributed by atoms with E-state index < -0.39 is 0 Å². The number of nitrogen functional groups attached to an aromatic ring is 1. The Bertz CT molecular complexity index is 516. The van der Waals surface area contributed by atoms with Crippen LogP contribution in [-0.2, 0) is 13.0 Å². The maximum atomic E-state index is 5.72. The van der Waals surface area contributed by atoms with Gasteiger partial charge in [0.05, 0.1) is 0 Å². The first-order valence-corrected chi connectivity index (χ1v) is 8.14. The number of benzene rings is 1. The normalized spacial score (nSPS) is 12.5. The topological polar surface area (TPSA) is 38.0 Å². The first kappa shape index (κ1) is 15.1. The van der Waals surface area contributed by atoms with Crippen LogP contribution in [0.25, 0.3) is 0 Å². The fourth-order valence-electron chi connectivity index (χ4n) is 2.23. The number of rotatable bonds is 7. The molecular formula is C17H24N2S. The average molecular weight is 288 g/mol. The molecule has 0 fully saturated rings. The van der Waals surface area contributed by atoms with Gasteiger partial charge in [0.15, 0.2) is 0 Å². The first-order chi connectivity index (χ1) is 9.69. The molecule has 2 rings (SSSR count). The molecule has 108 valence electrons. The van der Waals surface area contributed by atoms with Gasteiger partial charge < -0.3 is 11.1 Å². The standard InChI is InChI=1S/C17H24N2S/c1-3-16-8-9-17(20-16)12-19-11-10-13(2)14-4-6-15(18)7-5-14/h4-9,13,19H,3,10-12,18H2,1-2H3. The maximum absolute atomic E-state index is 5.72. The molecule has 1 aromatic carbocycles. The number of nitrogens with one attached hydrogen (secondary N) is 1. The van der Waals surface area contributed by atoms with Crippen LogP contribution in [-0.4, -0.2) is 6.54 Å². The third-order valence-corrected chi connectivity index (χ3v) is 4.85. The molecule has 0 radical (unpaired) electrons. The van der Waals surface area contributed by atoms with Crippen LogP contribution < -0.4 is 11.1 Å². The zero-order valence-corrected chi connectivity index (χ0v) is 13.2. The number of nitrogens with two attached hydrogens (primary N) is 1. The van der Waals surface area contributed by atoms with Gasteiger partial charge in [-0.1, -0.05) is 26.0 Å². The summed E-state index contributed by atoms with van der Waals surface area (Å²) in [5, 5.41) is 3.54. The summed E-state index contributed by atoms with van der Waals surface area (Å²) in [4.78, 5) is 2.90. The van der Waals surface area contributed by atoms with E-state index in [4.69, 9.17) is 5.73 Å². The van der Waals surface area contributed by atoms with Gasteiger partial charge in [-0.3, -0.25) is 0 Å². The Morgan fingerprint density at radius 2 is 1.80 bits per heavy atom. The van der Waals surface area contributed by atoms with Crippen molar-refractivity contribution < 1.29 is 0 Å². The molecular weight excluding hydrogens is 264 g/mol. The summed E-state index contributed by atoms with van der Waals surface area (Å²) < 4.78 is 0. The highest BCUT2D eigenvalue weighted by Gasteiger charge is 2.05. The number of aryl methyl sites for hydroxylation is 1. The molecule has 3 N–H and O–H groups in total. The molecule has 0 saturated heterocycles. The number of anilines is 1. The Kier molecular flexibility index (Phi) is 5.62. The van der Waals surface area contributed by atoms with Crippen LogP contribution >= 0.6 is 11.3 Å². The van der Waals surface area contributed by atoms with Gasteiger partial charge in [-0.05, 0) is 55.1 Å². The van der Waals surface area contributed by atoms with E-state index in [0.717, 1.165) is 31.6 Å². The van der Waals surface area contributed by atoms with E-state index in [2.05, 4.69) is 43.4 Å². The minimum absolute atomic E-state index is 0.567. The second-order valence-corrected chi connectivity index (χ2v) is 6.51. The highest BCUT2D eigenvalue weighted by Crippen LogP contribution is 2.20. The minimum atomic E-state index is 0.567. The van der Waals surface area contributed by atoms with Crippen molar-refractivity contribution >= 4 is 17.0 Å². The second-order valence-electron chi connectivity index (χ2n) is 5.25. The van der Waals surface area contributed by atoms with Crippen LogP contribution in [0.2, 0.25) is 0 Å². The zero-order chi connectivity index (χ0) is 14.4. The molecule has 3 heteroatoms. The quantitative estimate of drug-likeness (QED) is 0.592. The molecule has 1 unspecified atom stereocenters. The van der Waals surface area contributed by atoms with E-state index >= 15 is 0 Å². The Morgan fingerprint density at radius 3 is 2.45 bits per heavy atom. The summed E-state index contributed by atoms with van der Waals surface area (Å²) in [6.45, 7) is 6.51. The van der Waals surface area contributed by atoms with Crippen LogP contribution in [0.5, 0.6) is 0 Å². The van der Waals surface area contributed by atoms with Gasteiger partial charge >= 0.3 is 0 Å². The number of thiophene rings is 1. The summed E-state index contributed by atoms with van der Waals surface area (Å²) in [6.07, 6.45) is 2.29. The monoisotopic (exact) mass is 288 g/mol. The first-order valence-electron chi connectivity index (χ1n) is 7.32. The fourth-order valence-corrected chi connectivity index (χ4v) is 3.16. The summed E-state index contributed by atoms with van der Waals surface area (Å²) in [5.41, 5.74) is 7.92. The maximum Gasteiger partial charge on any atom is 0.0314 e. The van der Waals surface area contributed by atoms with Crippen LogP contribution in [0.4, 0.5) is 5.69 Å². The van der Waals surface area contributed by atoms with Gasteiger partial charge in [-0.25, -0.2) is 0 Å². The third-order valence-electron chi connectivity index (χ3n) is 3.62. The van der Waals surface area contributed by atoms with E-state index in [1.165, 1.54) is 15.3 Å². The van der Waals surface area contributed by atoms with Crippen molar-refractivity contribution in [1.82, 2.24) is 5.32 Å². The van der Waals surface area contributed by atoms with Crippen molar-refractivity contribution in [3.05, 3.63) is 51.7 Å². The lowest BCUT2D eigenvalue weighted by Crippen LogP contribution is -2.15. The molecule has 0 amide bonds. The lowest BCUT2D eigenvalue weighted by molar-refractivity contribution is 0.597. The van der Waals surface area contributed by atoms with Gasteiger partial charge in [0.25, 0.3) is 0 Å². The van der Waals surface area contributed by atoms with Crippen LogP contribution in [0.1, 0.15) is 41.5 Å². The van der Waals surface area contributed by atoms with E-state index in [1.807, 2.05) is 23.5 Å². The molecule has 2 nitrogen and oxygen atoms in total. The van der Waals surface area contributed by atoms with Crippen molar-refractivity contribution in [2.24, 2.45) is 0 Å². The van der Waals surface area contributed by atoms with E-state index in [-0.39, 0.29) is 0 Å². The third kappa shape index (κ3) is 4.36. The highest BCUT2D eigenvalue weighted by molar-refractivity contribution is 7.11. The Morgan fingerprint density at radius 1 is 1.10 bits per heavy atom. The Labute approximate surface area is 126 Å². The summed E-state index contributed by atoms with van der Waals surface area (Å²) in [5.74, 6) is 0.567. The molecule has 0 spiro atoms.